The second-order valence-corrected chi connectivity index (χ2v) is 11.1. The number of allylic oxidation sites excluding steroid dienone is 1. The average Bonchev–Trinajstić information content (AvgIpc) is 3.20. The molecule has 0 radical (unpaired) electrons. The Labute approximate surface area is 212 Å². The number of carboxylic acids is 1. The van der Waals surface area contributed by atoms with E-state index in [1.165, 1.54) is 7.11 Å². The fraction of sp³-hybridized carbons (Fsp3) is 0.704. The van der Waals surface area contributed by atoms with E-state index in [0.29, 0.717) is 39.0 Å². The molecule has 0 aromatic heterocycles. The van der Waals surface area contributed by atoms with Crippen LogP contribution in [0.25, 0.3) is 0 Å². The van der Waals surface area contributed by atoms with Crippen molar-refractivity contribution in [3.05, 3.63) is 23.4 Å². The van der Waals surface area contributed by atoms with Crippen molar-refractivity contribution in [1.29, 1.82) is 0 Å². The van der Waals surface area contributed by atoms with E-state index in [1.54, 1.807) is 7.05 Å². The van der Waals surface area contributed by atoms with Gasteiger partial charge in [0.05, 0.1) is 25.3 Å². The smallest absolute Gasteiger partial charge is 0.334 e. The van der Waals surface area contributed by atoms with E-state index in [-0.39, 0.29) is 47.9 Å². The van der Waals surface area contributed by atoms with Crippen molar-refractivity contribution in [1.82, 2.24) is 15.5 Å². The van der Waals surface area contributed by atoms with Crippen LogP contribution in [0.15, 0.2) is 28.4 Å². The van der Waals surface area contributed by atoms with Crippen LogP contribution in [0.4, 0.5) is 0 Å². The summed E-state index contributed by atoms with van der Waals surface area (Å²) in [7, 11) is 3.27. The molecule has 5 aliphatic rings. The maximum absolute atomic E-state index is 12.7. The number of aliphatic imine (C=N–C) groups is 1. The van der Waals surface area contributed by atoms with E-state index in [9.17, 15) is 20.1 Å². The molecule has 2 fully saturated rings. The van der Waals surface area contributed by atoms with Gasteiger partial charge in [-0.25, -0.2) is 4.79 Å². The number of hydrogen-bond acceptors (Lipinski definition) is 6. The molecule has 0 amide bonds. The van der Waals surface area contributed by atoms with Crippen molar-refractivity contribution in [2.75, 3.05) is 53.6 Å². The minimum Gasteiger partial charge on any atom is -0.478 e. The summed E-state index contributed by atoms with van der Waals surface area (Å²) in [5, 5.41) is 38.5. The third kappa shape index (κ3) is 3.31. The first-order valence-electron chi connectivity index (χ1n) is 12.9. The van der Waals surface area contributed by atoms with Gasteiger partial charge in [0.15, 0.2) is 5.96 Å². The molecule has 2 heterocycles. The lowest BCUT2D eigenvalue weighted by atomic mass is 9.44. The highest BCUT2D eigenvalue weighted by molar-refractivity contribution is 5.92. The van der Waals surface area contributed by atoms with Crippen LogP contribution in [0.2, 0.25) is 0 Å². The van der Waals surface area contributed by atoms with Crippen molar-refractivity contribution in [2.45, 2.75) is 31.8 Å². The molecule has 36 heavy (non-hydrogen) atoms. The summed E-state index contributed by atoms with van der Waals surface area (Å²) in [6.45, 7) is 4.52. The van der Waals surface area contributed by atoms with Gasteiger partial charge in [-0.1, -0.05) is 24.8 Å². The largest absolute Gasteiger partial charge is 0.478 e. The molecule has 9 nitrogen and oxygen atoms in total. The number of fused-ring (bicyclic) bond motifs is 1. The minimum atomic E-state index is -1.55. The first-order chi connectivity index (χ1) is 17.3. The van der Waals surface area contributed by atoms with E-state index >= 15 is 0 Å². The Morgan fingerprint density at radius 3 is 2.94 bits per heavy atom. The molecule has 9 heteroatoms. The lowest BCUT2D eigenvalue weighted by molar-refractivity contribution is -0.140. The second kappa shape index (κ2) is 9.18. The normalized spacial score (nSPS) is 41.6. The molecular weight excluding hydrogens is 460 g/mol. The van der Waals surface area contributed by atoms with Crippen LogP contribution in [0.3, 0.4) is 0 Å². The summed E-state index contributed by atoms with van der Waals surface area (Å²) in [5.74, 6) is 7.01. The third-order valence-electron chi connectivity index (χ3n) is 9.68. The van der Waals surface area contributed by atoms with Crippen molar-refractivity contribution in [3.63, 3.8) is 0 Å². The van der Waals surface area contributed by atoms with Gasteiger partial charge in [-0.15, -0.1) is 0 Å². The van der Waals surface area contributed by atoms with Crippen molar-refractivity contribution < 1.29 is 24.9 Å². The number of ether oxygens (including phenoxy) is 1. The summed E-state index contributed by atoms with van der Waals surface area (Å²) in [5.41, 5.74) is -1.44. The molecule has 5 N–H and O–H groups in total. The van der Waals surface area contributed by atoms with Gasteiger partial charge < -0.3 is 35.6 Å². The fourth-order valence-electron chi connectivity index (χ4n) is 8.69. The topological polar surface area (TPSA) is 127 Å². The van der Waals surface area contributed by atoms with Gasteiger partial charge in [-0.3, -0.25) is 4.99 Å². The number of nitrogens with zero attached hydrogens (tertiary/aromatic N) is 2. The number of guanidine groups is 1. The monoisotopic (exact) mass is 498 g/mol. The van der Waals surface area contributed by atoms with Gasteiger partial charge in [-0.2, -0.15) is 0 Å². The number of aliphatic hydroxyl groups is 2. The average molecular weight is 499 g/mol. The predicted octanol–water partition coefficient (Wildman–Crippen LogP) is 0.417. The number of methoxy groups -OCH3 is 1. The van der Waals surface area contributed by atoms with Gasteiger partial charge in [0.2, 0.25) is 0 Å². The fourth-order valence-corrected chi connectivity index (χ4v) is 8.69. The number of aliphatic carboxylic acids is 1. The van der Waals surface area contributed by atoms with Crippen LogP contribution in [-0.2, 0) is 9.53 Å². The highest BCUT2D eigenvalue weighted by atomic mass is 16.5. The molecule has 2 spiro atoms. The summed E-state index contributed by atoms with van der Waals surface area (Å²) < 4.78 is 5.41. The Balaban J connectivity index is 1.77. The molecule has 3 aliphatic carbocycles. The molecule has 5 bridgehead atoms. The standard InChI is InChI=1S/C27H38N4O5/c1-17-11-18-5-4-7-30-24(28-2)31-9-6-19(13-29-8-10-32)27(15-31)20(18)12-21-22(23(33)34)25(35,16-36-3)14-26(17,21)27/h6,9,17-20,29,32,35H,7-8,10-16H2,1-3H3,(H,28,30)(H,33,34). The second-order valence-electron chi connectivity index (χ2n) is 11.1. The quantitative estimate of drug-likeness (QED) is 0.253. The first kappa shape index (κ1) is 25.3. The van der Waals surface area contributed by atoms with Gasteiger partial charge in [-0.05, 0) is 42.6 Å². The zero-order valence-corrected chi connectivity index (χ0v) is 21.4. The first-order valence-corrected chi connectivity index (χ1v) is 12.9. The Hall–Kier alpha value is -2.38. The molecule has 0 aromatic rings. The molecule has 0 aromatic carbocycles. The molecular formula is C27H38N4O5. The van der Waals surface area contributed by atoms with E-state index in [4.69, 9.17) is 4.74 Å². The molecule has 5 rings (SSSR count). The maximum Gasteiger partial charge on any atom is 0.334 e. The highest BCUT2D eigenvalue weighted by Crippen LogP contribution is 2.78. The van der Waals surface area contributed by atoms with Crippen LogP contribution in [0.5, 0.6) is 0 Å². The lowest BCUT2D eigenvalue weighted by Gasteiger charge is -2.62. The summed E-state index contributed by atoms with van der Waals surface area (Å²) in [4.78, 5) is 19.4. The molecule has 0 saturated heterocycles. The lowest BCUT2D eigenvalue weighted by Crippen LogP contribution is -2.64. The Morgan fingerprint density at radius 1 is 1.44 bits per heavy atom. The number of hydrogen-bond donors (Lipinski definition) is 5. The van der Waals surface area contributed by atoms with E-state index in [1.807, 2.05) is 0 Å². The molecule has 196 valence electrons. The van der Waals surface area contributed by atoms with Crippen molar-refractivity contribution >= 4 is 11.9 Å². The van der Waals surface area contributed by atoms with Crippen molar-refractivity contribution in [3.8, 4) is 11.8 Å². The third-order valence-corrected chi connectivity index (χ3v) is 9.68. The zero-order chi connectivity index (χ0) is 25.7. The van der Waals surface area contributed by atoms with E-state index in [2.05, 4.69) is 51.6 Å². The van der Waals surface area contributed by atoms with Crippen LogP contribution in [-0.4, -0.2) is 91.3 Å². The Bertz CT molecular complexity index is 1080. The highest BCUT2D eigenvalue weighted by Gasteiger charge is 2.76. The van der Waals surface area contributed by atoms with Crippen molar-refractivity contribution in [2.24, 2.45) is 39.5 Å². The number of rotatable bonds is 7. The number of carbonyl (C=O) groups is 1. The van der Waals surface area contributed by atoms with Crippen LogP contribution >= 0.6 is 0 Å². The number of nitrogens with one attached hydrogen (secondary N) is 2. The Morgan fingerprint density at radius 2 is 2.25 bits per heavy atom. The summed E-state index contributed by atoms with van der Waals surface area (Å²) in [6.07, 6.45) is 6.10. The van der Waals surface area contributed by atoms with E-state index < -0.39 is 17.0 Å². The van der Waals surface area contributed by atoms with Gasteiger partial charge in [0, 0.05) is 56.7 Å². The van der Waals surface area contributed by atoms with Gasteiger partial charge >= 0.3 is 5.97 Å². The molecule has 2 aliphatic heterocycles. The van der Waals surface area contributed by atoms with Gasteiger partial charge in [0.25, 0.3) is 0 Å². The van der Waals surface area contributed by atoms with Crippen LogP contribution in [0.1, 0.15) is 26.2 Å². The summed E-state index contributed by atoms with van der Waals surface area (Å²) in [6, 6.07) is 0. The van der Waals surface area contributed by atoms with Crippen LogP contribution in [0, 0.1) is 46.3 Å². The predicted molar refractivity (Wildman–Crippen MR) is 135 cm³/mol. The molecule has 2 saturated carbocycles. The minimum absolute atomic E-state index is 0.0487. The maximum atomic E-state index is 12.7. The number of aliphatic hydroxyl groups excluding tert-OH is 1. The van der Waals surface area contributed by atoms with Crippen LogP contribution < -0.4 is 10.6 Å². The Kier molecular flexibility index (Phi) is 6.44. The molecule has 7 unspecified atom stereocenters. The van der Waals surface area contributed by atoms with E-state index in [0.717, 1.165) is 18.0 Å². The zero-order valence-electron chi connectivity index (χ0n) is 21.4. The molecule has 7 atom stereocenters. The number of carboxylic acid groups (broad SMARTS) is 1. The SMILES string of the molecule is CN=C1NCC#CC2CC(C)C34CC(O)(COC)C(C(=O)O)=C3CC2C42CN1C=CC2CNCCO. The summed E-state index contributed by atoms with van der Waals surface area (Å²) >= 11 is 0. The van der Waals surface area contributed by atoms with Gasteiger partial charge in [0.1, 0.15) is 5.60 Å².